The molecule has 0 amide bonds. The highest BCUT2D eigenvalue weighted by molar-refractivity contribution is 5.21. The van der Waals surface area contributed by atoms with Crippen molar-refractivity contribution in [2.24, 2.45) is 0 Å². The summed E-state index contributed by atoms with van der Waals surface area (Å²) < 4.78 is 7.94. The van der Waals surface area contributed by atoms with Gasteiger partial charge < -0.3 is 14.3 Å². The average Bonchev–Trinajstić information content (AvgIpc) is 2.84. The lowest BCUT2D eigenvalue weighted by Gasteiger charge is -2.06. The Morgan fingerprint density at radius 1 is 1.32 bits per heavy atom. The highest BCUT2D eigenvalue weighted by Crippen LogP contribution is 2.17. The number of aromatic nitrogens is 2. The van der Waals surface area contributed by atoms with Crippen LogP contribution in [0.5, 0.6) is 0 Å². The molecule has 4 nitrogen and oxygen atoms in total. The Balaban J connectivity index is 2.09. The van der Waals surface area contributed by atoms with Gasteiger partial charge in [0.25, 0.3) is 0 Å². The van der Waals surface area contributed by atoms with E-state index in [1.807, 2.05) is 20.2 Å². The molecule has 2 rings (SSSR count). The van der Waals surface area contributed by atoms with E-state index in [1.165, 1.54) is 11.3 Å². The maximum Gasteiger partial charge on any atom is 0.124 e. The van der Waals surface area contributed by atoms with Crippen molar-refractivity contribution in [2.45, 2.75) is 53.8 Å². The number of aryl methyl sites for hydroxylation is 2. The number of hydrogen-bond donors (Lipinski definition) is 1. The van der Waals surface area contributed by atoms with Gasteiger partial charge in [-0.15, -0.1) is 0 Å². The average molecular weight is 261 g/mol. The molecule has 0 fully saturated rings. The Morgan fingerprint density at radius 3 is 2.63 bits per heavy atom. The van der Waals surface area contributed by atoms with E-state index in [4.69, 9.17) is 4.42 Å². The third kappa shape index (κ3) is 3.26. The van der Waals surface area contributed by atoms with E-state index in [9.17, 15) is 0 Å². The van der Waals surface area contributed by atoms with Crippen LogP contribution >= 0.6 is 0 Å². The molecular weight excluding hydrogens is 238 g/mol. The second-order valence-electron chi connectivity index (χ2n) is 5.37. The van der Waals surface area contributed by atoms with Crippen LogP contribution in [-0.2, 0) is 13.1 Å². The zero-order valence-corrected chi connectivity index (χ0v) is 12.4. The Labute approximate surface area is 114 Å². The molecule has 0 aromatic carbocycles. The van der Waals surface area contributed by atoms with Gasteiger partial charge in [-0.2, -0.15) is 0 Å². The summed E-state index contributed by atoms with van der Waals surface area (Å²) in [5, 5.41) is 3.42. The minimum Gasteiger partial charge on any atom is -0.464 e. The first-order valence-electron chi connectivity index (χ1n) is 6.77. The lowest BCUT2D eigenvalue weighted by Crippen LogP contribution is -2.21. The van der Waals surface area contributed by atoms with E-state index in [2.05, 4.69) is 41.7 Å². The van der Waals surface area contributed by atoms with Gasteiger partial charge in [-0.25, -0.2) is 4.98 Å². The third-order valence-electron chi connectivity index (χ3n) is 3.44. The summed E-state index contributed by atoms with van der Waals surface area (Å²) in [6, 6.07) is 2.62. The normalized spacial score (nSPS) is 11.5. The third-order valence-corrected chi connectivity index (χ3v) is 3.44. The monoisotopic (exact) mass is 261 g/mol. The van der Waals surface area contributed by atoms with Crippen molar-refractivity contribution in [3.63, 3.8) is 0 Å². The van der Waals surface area contributed by atoms with Gasteiger partial charge in [-0.05, 0) is 26.8 Å². The number of rotatable bonds is 5. The molecule has 2 aromatic heterocycles. The van der Waals surface area contributed by atoms with Crippen molar-refractivity contribution in [3.8, 4) is 0 Å². The number of nitrogens with zero attached hydrogens (tertiary/aromatic N) is 2. The molecule has 2 heterocycles. The molecule has 0 aliphatic rings. The van der Waals surface area contributed by atoms with Gasteiger partial charge in [0.2, 0.25) is 0 Å². The summed E-state index contributed by atoms with van der Waals surface area (Å²) in [6.07, 6.45) is 1.87. The van der Waals surface area contributed by atoms with Crippen LogP contribution < -0.4 is 5.32 Å². The maximum absolute atomic E-state index is 5.83. The molecule has 4 heteroatoms. The largest absolute Gasteiger partial charge is 0.464 e. The van der Waals surface area contributed by atoms with Crippen molar-refractivity contribution in [3.05, 3.63) is 40.9 Å². The smallest absolute Gasteiger partial charge is 0.124 e. The second kappa shape index (κ2) is 5.61. The van der Waals surface area contributed by atoms with E-state index in [0.29, 0.717) is 6.04 Å². The van der Waals surface area contributed by atoms with Crippen molar-refractivity contribution in [1.82, 2.24) is 14.9 Å². The van der Waals surface area contributed by atoms with E-state index in [1.54, 1.807) is 0 Å². The molecule has 0 saturated carbocycles. The minimum absolute atomic E-state index is 0.483. The van der Waals surface area contributed by atoms with Crippen molar-refractivity contribution >= 4 is 0 Å². The van der Waals surface area contributed by atoms with Crippen LogP contribution in [0.4, 0.5) is 0 Å². The predicted octanol–water partition coefficient (Wildman–Crippen LogP) is 2.95. The lowest BCUT2D eigenvalue weighted by molar-refractivity contribution is 0.463. The van der Waals surface area contributed by atoms with Crippen molar-refractivity contribution in [2.75, 3.05) is 0 Å². The second-order valence-corrected chi connectivity index (χ2v) is 5.37. The molecule has 0 aliphatic carbocycles. The molecule has 19 heavy (non-hydrogen) atoms. The SMILES string of the molecule is Cc1ncn(Cc2cc(CNC(C)C)c(C)o2)c1C. The molecule has 104 valence electrons. The number of hydrogen-bond acceptors (Lipinski definition) is 3. The molecule has 0 saturated heterocycles. The number of furan rings is 1. The fourth-order valence-electron chi connectivity index (χ4n) is 2.03. The van der Waals surface area contributed by atoms with Crippen LogP contribution in [0.3, 0.4) is 0 Å². The zero-order valence-electron chi connectivity index (χ0n) is 12.4. The number of nitrogens with one attached hydrogen (secondary N) is 1. The van der Waals surface area contributed by atoms with Gasteiger partial charge in [0, 0.05) is 23.8 Å². The molecule has 0 atom stereocenters. The first kappa shape index (κ1) is 13.9. The summed E-state index contributed by atoms with van der Waals surface area (Å²) in [7, 11) is 0. The van der Waals surface area contributed by atoms with Crippen LogP contribution in [0, 0.1) is 20.8 Å². The molecule has 1 N–H and O–H groups in total. The first-order valence-corrected chi connectivity index (χ1v) is 6.77. The highest BCUT2D eigenvalue weighted by atomic mass is 16.3. The van der Waals surface area contributed by atoms with Crippen LogP contribution in [0.15, 0.2) is 16.8 Å². The van der Waals surface area contributed by atoms with E-state index < -0.39 is 0 Å². The van der Waals surface area contributed by atoms with Crippen LogP contribution in [0.2, 0.25) is 0 Å². The van der Waals surface area contributed by atoms with E-state index >= 15 is 0 Å². The van der Waals surface area contributed by atoms with Crippen LogP contribution in [0.25, 0.3) is 0 Å². The van der Waals surface area contributed by atoms with Crippen LogP contribution in [-0.4, -0.2) is 15.6 Å². The molecule has 0 spiro atoms. The Bertz CT molecular complexity index is 552. The fourth-order valence-corrected chi connectivity index (χ4v) is 2.03. The summed E-state index contributed by atoms with van der Waals surface area (Å²) in [5.41, 5.74) is 3.50. The topological polar surface area (TPSA) is 43.0 Å². The molecular formula is C15H23N3O. The minimum atomic E-state index is 0.483. The van der Waals surface area contributed by atoms with Crippen LogP contribution in [0.1, 0.15) is 42.3 Å². The standard InChI is InChI=1S/C15H23N3O/c1-10(2)16-7-14-6-15(19-13(14)5)8-18-9-17-11(3)12(18)4/h6,9-10,16H,7-8H2,1-5H3. The highest BCUT2D eigenvalue weighted by Gasteiger charge is 2.10. The van der Waals surface area contributed by atoms with Gasteiger partial charge in [-0.3, -0.25) is 0 Å². The number of imidazole rings is 1. The molecule has 0 aliphatic heterocycles. The van der Waals surface area contributed by atoms with Crippen molar-refractivity contribution < 1.29 is 4.42 Å². The fraction of sp³-hybridized carbons (Fsp3) is 0.533. The van der Waals surface area contributed by atoms with Crippen molar-refractivity contribution in [1.29, 1.82) is 0 Å². The molecule has 0 unspecified atom stereocenters. The summed E-state index contributed by atoms with van der Waals surface area (Å²) in [4.78, 5) is 4.31. The van der Waals surface area contributed by atoms with Gasteiger partial charge in [0.05, 0.1) is 18.6 Å². The molecule has 2 aromatic rings. The first-order chi connectivity index (χ1) is 8.97. The Morgan fingerprint density at radius 2 is 2.05 bits per heavy atom. The quantitative estimate of drug-likeness (QED) is 0.900. The van der Waals surface area contributed by atoms with Gasteiger partial charge in [-0.1, -0.05) is 13.8 Å². The predicted molar refractivity (Wildman–Crippen MR) is 76.2 cm³/mol. The van der Waals surface area contributed by atoms with Gasteiger partial charge in [0.1, 0.15) is 11.5 Å². The van der Waals surface area contributed by atoms with E-state index in [0.717, 1.165) is 30.3 Å². The Hall–Kier alpha value is -1.55. The summed E-state index contributed by atoms with van der Waals surface area (Å²) in [6.45, 7) is 12.0. The lowest BCUT2D eigenvalue weighted by atomic mass is 10.2. The molecule has 0 bridgehead atoms. The zero-order chi connectivity index (χ0) is 14.0. The maximum atomic E-state index is 5.83. The Kier molecular flexibility index (Phi) is 4.10. The van der Waals surface area contributed by atoms with E-state index in [-0.39, 0.29) is 0 Å². The molecule has 0 radical (unpaired) electrons. The summed E-state index contributed by atoms with van der Waals surface area (Å²) in [5.74, 6) is 1.98. The van der Waals surface area contributed by atoms with Gasteiger partial charge >= 0.3 is 0 Å². The van der Waals surface area contributed by atoms with Gasteiger partial charge in [0.15, 0.2) is 0 Å². The summed E-state index contributed by atoms with van der Waals surface area (Å²) >= 11 is 0.